The van der Waals surface area contributed by atoms with Crippen molar-refractivity contribution in [3.63, 3.8) is 0 Å². The second-order valence-electron chi connectivity index (χ2n) is 9.02. The number of rotatable bonds is 5. The van der Waals surface area contributed by atoms with Crippen LogP contribution in [-0.2, 0) is 23.8 Å². The molecule has 0 bridgehead atoms. The second-order valence-corrected chi connectivity index (χ2v) is 10.5. The van der Waals surface area contributed by atoms with Crippen molar-refractivity contribution in [2.24, 2.45) is 5.92 Å². The van der Waals surface area contributed by atoms with Gasteiger partial charge in [0.25, 0.3) is 5.91 Å². The minimum Gasteiger partial charge on any atom is -0.462 e. The summed E-state index contributed by atoms with van der Waals surface area (Å²) >= 11 is 7.67. The van der Waals surface area contributed by atoms with E-state index >= 15 is 0 Å². The van der Waals surface area contributed by atoms with Crippen LogP contribution in [0.25, 0.3) is 16.9 Å². The van der Waals surface area contributed by atoms with E-state index in [1.165, 1.54) is 11.3 Å². The molecule has 3 aromatic heterocycles. The molecule has 1 aliphatic rings. The Hall–Kier alpha value is -3.44. The maximum Gasteiger partial charge on any atom is 0.433 e. The molecule has 0 saturated heterocycles. The molecule has 3 heterocycles. The molecule has 0 saturated carbocycles. The fourth-order valence-corrected chi connectivity index (χ4v) is 6.16. The van der Waals surface area contributed by atoms with Gasteiger partial charge in [0, 0.05) is 10.4 Å². The van der Waals surface area contributed by atoms with Crippen LogP contribution in [-0.4, -0.2) is 33.1 Å². The van der Waals surface area contributed by atoms with E-state index in [1.54, 1.807) is 37.3 Å². The minimum absolute atomic E-state index is 0.0313. The van der Waals surface area contributed by atoms with Crippen LogP contribution in [0.5, 0.6) is 0 Å². The molecular weight excluding hydrogens is 541 g/mol. The molecule has 1 aliphatic carbocycles. The molecular formula is C26H22ClF3N4O3S. The monoisotopic (exact) mass is 562 g/mol. The van der Waals surface area contributed by atoms with Crippen LogP contribution in [0.2, 0.25) is 5.02 Å². The Balaban J connectivity index is 1.59. The average molecular weight is 563 g/mol. The average Bonchev–Trinajstić information content (AvgIpc) is 3.40. The minimum atomic E-state index is -4.80. The Morgan fingerprint density at radius 3 is 2.68 bits per heavy atom. The van der Waals surface area contributed by atoms with E-state index in [0.29, 0.717) is 22.4 Å². The van der Waals surface area contributed by atoms with Gasteiger partial charge in [0.05, 0.1) is 17.9 Å². The molecule has 0 fully saturated rings. The lowest BCUT2D eigenvalue weighted by Gasteiger charge is -2.18. The number of carbonyl (C=O) groups is 2. The number of nitrogens with zero attached hydrogens (tertiary/aromatic N) is 3. The molecule has 198 valence electrons. The number of esters is 1. The van der Waals surface area contributed by atoms with Gasteiger partial charge in [-0.15, -0.1) is 11.3 Å². The molecule has 0 aliphatic heterocycles. The van der Waals surface area contributed by atoms with E-state index in [4.69, 9.17) is 16.3 Å². The van der Waals surface area contributed by atoms with Crippen LogP contribution >= 0.6 is 22.9 Å². The fraction of sp³-hybridized carbons (Fsp3) is 0.308. The Bertz CT molecular complexity index is 1550. The number of amides is 1. The second kappa shape index (κ2) is 10.0. The lowest BCUT2D eigenvalue weighted by Crippen LogP contribution is -2.18. The van der Waals surface area contributed by atoms with Crippen molar-refractivity contribution >= 4 is 45.5 Å². The molecule has 1 unspecified atom stereocenters. The van der Waals surface area contributed by atoms with Gasteiger partial charge in [-0.1, -0.05) is 48.9 Å². The normalized spacial score (nSPS) is 15.4. The number of thiophene rings is 1. The Morgan fingerprint density at radius 1 is 1.26 bits per heavy atom. The van der Waals surface area contributed by atoms with Gasteiger partial charge < -0.3 is 10.1 Å². The summed E-state index contributed by atoms with van der Waals surface area (Å²) < 4.78 is 47.7. The van der Waals surface area contributed by atoms with Crippen molar-refractivity contribution < 1.29 is 27.5 Å². The van der Waals surface area contributed by atoms with Gasteiger partial charge in [0.2, 0.25) is 0 Å². The number of hydrogen-bond donors (Lipinski definition) is 1. The van der Waals surface area contributed by atoms with E-state index in [-0.39, 0.29) is 33.5 Å². The molecule has 7 nitrogen and oxygen atoms in total. The number of aromatic nitrogens is 3. The third-order valence-electron chi connectivity index (χ3n) is 6.33. The number of alkyl halides is 3. The highest BCUT2D eigenvalue weighted by molar-refractivity contribution is 7.17. The van der Waals surface area contributed by atoms with Gasteiger partial charge >= 0.3 is 12.1 Å². The number of anilines is 1. The summed E-state index contributed by atoms with van der Waals surface area (Å²) in [6.45, 7) is 3.94. The quantitative estimate of drug-likeness (QED) is 0.274. The van der Waals surface area contributed by atoms with E-state index in [2.05, 4.69) is 22.3 Å². The van der Waals surface area contributed by atoms with Crippen molar-refractivity contribution in [2.45, 2.75) is 39.3 Å². The summed E-state index contributed by atoms with van der Waals surface area (Å²) in [5.74, 6) is -1.00. The number of nitrogens with one attached hydrogen (secondary N) is 1. The third kappa shape index (κ3) is 4.76. The van der Waals surface area contributed by atoms with E-state index in [1.807, 2.05) is 0 Å². The van der Waals surface area contributed by atoms with E-state index in [9.17, 15) is 22.8 Å². The first-order chi connectivity index (χ1) is 18.1. The predicted molar refractivity (Wildman–Crippen MR) is 138 cm³/mol. The van der Waals surface area contributed by atoms with E-state index in [0.717, 1.165) is 29.3 Å². The summed E-state index contributed by atoms with van der Waals surface area (Å²) in [6.07, 6.45) is -2.50. The Morgan fingerprint density at radius 2 is 2.00 bits per heavy atom. The molecule has 5 rings (SSSR count). The van der Waals surface area contributed by atoms with Crippen LogP contribution in [0.3, 0.4) is 0 Å². The highest BCUT2D eigenvalue weighted by atomic mass is 35.5. The topological polar surface area (TPSA) is 85.6 Å². The highest BCUT2D eigenvalue weighted by Gasteiger charge is 2.37. The first-order valence-electron chi connectivity index (χ1n) is 11.9. The molecule has 0 spiro atoms. The summed E-state index contributed by atoms with van der Waals surface area (Å²) in [4.78, 5) is 31.3. The van der Waals surface area contributed by atoms with E-state index < -0.39 is 29.4 Å². The van der Waals surface area contributed by atoms with Crippen molar-refractivity contribution in [1.82, 2.24) is 14.6 Å². The molecule has 1 N–H and O–H groups in total. The molecule has 1 amide bonds. The number of hydrogen-bond acceptors (Lipinski definition) is 6. The first-order valence-corrected chi connectivity index (χ1v) is 13.1. The SMILES string of the molecule is CCOC(=O)c1c(NC(=O)c2nn3c(C(F)(F)F)cc(-c4ccccc4)nc3c2Cl)sc2c1CCC(C)C2. The number of benzene rings is 1. The van der Waals surface area contributed by atoms with Crippen molar-refractivity contribution in [1.29, 1.82) is 0 Å². The number of fused-ring (bicyclic) bond motifs is 2. The van der Waals surface area contributed by atoms with Crippen LogP contribution in [0.4, 0.5) is 18.2 Å². The van der Waals surface area contributed by atoms with Gasteiger partial charge in [-0.25, -0.2) is 14.3 Å². The molecule has 1 aromatic carbocycles. The predicted octanol–water partition coefficient (Wildman–Crippen LogP) is 6.68. The molecule has 38 heavy (non-hydrogen) atoms. The Labute approximate surface area is 224 Å². The van der Waals surface area contributed by atoms with Crippen LogP contribution < -0.4 is 5.32 Å². The van der Waals surface area contributed by atoms with Crippen LogP contribution in [0.15, 0.2) is 36.4 Å². The number of halogens is 4. The smallest absolute Gasteiger partial charge is 0.433 e. The number of ether oxygens (including phenoxy) is 1. The van der Waals surface area contributed by atoms with Crippen molar-refractivity contribution in [3.05, 3.63) is 68.8 Å². The summed E-state index contributed by atoms with van der Waals surface area (Å²) in [5.41, 5.74) is -0.302. The van der Waals surface area contributed by atoms with Crippen molar-refractivity contribution in [2.75, 3.05) is 11.9 Å². The zero-order valence-electron chi connectivity index (χ0n) is 20.4. The van der Waals surface area contributed by atoms with Gasteiger partial charge in [-0.05, 0) is 43.7 Å². The first kappa shape index (κ1) is 26.2. The summed E-state index contributed by atoms with van der Waals surface area (Å²) in [6, 6.07) is 9.18. The maximum atomic E-state index is 14.0. The van der Waals surface area contributed by atoms with Crippen molar-refractivity contribution in [3.8, 4) is 11.3 Å². The summed E-state index contributed by atoms with van der Waals surface area (Å²) in [5, 5.41) is 6.47. The van der Waals surface area contributed by atoms with Gasteiger partial charge in [0.15, 0.2) is 17.0 Å². The standard InChI is InChI=1S/C26H22ClF3N4O3S/c1-3-37-25(36)19-15-10-9-13(2)11-17(15)38-24(19)32-23(35)21-20(27)22-31-16(14-7-5-4-6-8-14)12-18(26(28,29)30)34(22)33-21/h4-8,12-13H,3,9-11H2,1-2H3,(H,32,35). The third-order valence-corrected chi connectivity index (χ3v) is 7.84. The molecule has 0 radical (unpaired) electrons. The lowest BCUT2D eigenvalue weighted by molar-refractivity contribution is -0.142. The zero-order valence-corrected chi connectivity index (χ0v) is 21.9. The van der Waals surface area contributed by atoms with Crippen LogP contribution in [0.1, 0.15) is 57.2 Å². The van der Waals surface area contributed by atoms with Gasteiger partial charge in [-0.3, -0.25) is 4.79 Å². The fourth-order valence-electron chi connectivity index (χ4n) is 4.52. The summed E-state index contributed by atoms with van der Waals surface area (Å²) in [7, 11) is 0. The van der Waals surface area contributed by atoms with Crippen LogP contribution in [0, 0.1) is 5.92 Å². The zero-order chi connectivity index (χ0) is 27.2. The number of carbonyl (C=O) groups excluding carboxylic acids is 2. The maximum absolute atomic E-state index is 14.0. The molecule has 4 aromatic rings. The molecule has 12 heteroatoms. The van der Waals surface area contributed by atoms with Gasteiger partial charge in [-0.2, -0.15) is 18.3 Å². The Kier molecular flexibility index (Phi) is 6.91. The molecule has 1 atom stereocenters. The highest BCUT2D eigenvalue weighted by Crippen LogP contribution is 2.41. The van der Waals surface area contributed by atoms with Gasteiger partial charge in [0.1, 0.15) is 10.0 Å². The largest absolute Gasteiger partial charge is 0.462 e. The lowest BCUT2D eigenvalue weighted by atomic mass is 9.88.